The Morgan fingerprint density at radius 1 is 0.886 bits per heavy atom. The summed E-state index contributed by atoms with van der Waals surface area (Å²) in [6, 6.07) is 22.7. The number of likely N-dealkylation sites (N-methyl/N-ethyl adjacent to an activating group) is 1. The number of anilines is 2. The Morgan fingerprint density at radius 3 is 2.34 bits per heavy atom. The molecular formula is C27H28N6O2. The Hall–Kier alpha value is -4.17. The van der Waals surface area contributed by atoms with Crippen molar-refractivity contribution in [3.8, 4) is 0 Å². The van der Waals surface area contributed by atoms with Gasteiger partial charge in [0.2, 0.25) is 0 Å². The molecule has 0 bridgehead atoms. The maximum absolute atomic E-state index is 12.9. The molecule has 0 atom stereocenters. The third-order valence-corrected chi connectivity index (χ3v) is 6.35. The van der Waals surface area contributed by atoms with Crippen LogP contribution >= 0.6 is 0 Å². The number of nitrogens with one attached hydrogen (secondary N) is 3. The van der Waals surface area contributed by atoms with E-state index >= 15 is 0 Å². The first-order valence-corrected chi connectivity index (χ1v) is 11.7. The van der Waals surface area contributed by atoms with Crippen molar-refractivity contribution in [2.45, 2.75) is 6.54 Å². The molecule has 1 aliphatic heterocycles. The average Bonchev–Trinajstić information content (AvgIpc) is 3.30. The van der Waals surface area contributed by atoms with Gasteiger partial charge in [-0.25, -0.2) is 0 Å². The van der Waals surface area contributed by atoms with Crippen molar-refractivity contribution in [3.05, 3.63) is 89.5 Å². The number of carbonyl (C=O) groups excluding carboxylic acids is 2. The van der Waals surface area contributed by atoms with Gasteiger partial charge in [-0.05, 0) is 55.1 Å². The Kier molecular flexibility index (Phi) is 6.45. The molecule has 1 aliphatic rings. The number of nitrogens with zero attached hydrogens (tertiary/aromatic N) is 3. The van der Waals surface area contributed by atoms with Crippen molar-refractivity contribution >= 4 is 34.2 Å². The highest BCUT2D eigenvalue weighted by Gasteiger charge is 2.16. The summed E-state index contributed by atoms with van der Waals surface area (Å²) in [5.41, 5.74) is 3.94. The lowest BCUT2D eigenvalue weighted by molar-refractivity contribution is 0.0950. The molecule has 2 amide bonds. The van der Waals surface area contributed by atoms with Crippen LogP contribution in [0, 0.1) is 0 Å². The Morgan fingerprint density at radius 2 is 1.60 bits per heavy atom. The van der Waals surface area contributed by atoms with Crippen molar-refractivity contribution in [1.29, 1.82) is 0 Å². The van der Waals surface area contributed by atoms with Crippen LogP contribution in [0.2, 0.25) is 0 Å². The predicted octanol–water partition coefficient (Wildman–Crippen LogP) is 3.50. The first-order valence-electron chi connectivity index (χ1n) is 11.7. The minimum absolute atomic E-state index is 0.186. The molecule has 4 aromatic rings. The van der Waals surface area contributed by atoms with E-state index in [-0.39, 0.29) is 11.8 Å². The summed E-state index contributed by atoms with van der Waals surface area (Å²) < 4.78 is 0. The Balaban J connectivity index is 1.26. The summed E-state index contributed by atoms with van der Waals surface area (Å²) in [4.78, 5) is 30.2. The summed E-state index contributed by atoms with van der Waals surface area (Å²) in [7, 11) is 2.13. The van der Waals surface area contributed by atoms with Gasteiger partial charge in [-0.15, -0.1) is 0 Å². The smallest absolute Gasteiger partial charge is 0.256 e. The predicted molar refractivity (Wildman–Crippen MR) is 138 cm³/mol. The number of aromatic nitrogens is 2. The lowest BCUT2D eigenvalue weighted by Crippen LogP contribution is -2.44. The average molecular weight is 469 g/mol. The largest absolute Gasteiger partial charge is 0.369 e. The second-order valence-electron chi connectivity index (χ2n) is 8.79. The monoisotopic (exact) mass is 468 g/mol. The minimum Gasteiger partial charge on any atom is -0.369 e. The first kappa shape index (κ1) is 22.6. The van der Waals surface area contributed by atoms with Crippen LogP contribution in [0.3, 0.4) is 0 Å². The summed E-state index contributed by atoms with van der Waals surface area (Å²) in [6.07, 6.45) is 0. The number of fused-ring (bicyclic) bond motifs is 1. The fourth-order valence-corrected chi connectivity index (χ4v) is 4.20. The number of H-pyrrole nitrogens is 1. The molecule has 8 nitrogen and oxygen atoms in total. The van der Waals surface area contributed by atoms with Crippen LogP contribution in [0.5, 0.6) is 0 Å². The lowest BCUT2D eigenvalue weighted by atomic mass is 10.1. The topological polar surface area (TPSA) is 93.4 Å². The number of amides is 2. The number of aromatic amines is 1. The van der Waals surface area contributed by atoms with E-state index in [1.54, 1.807) is 18.2 Å². The van der Waals surface area contributed by atoms with Crippen molar-refractivity contribution in [2.24, 2.45) is 0 Å². The molecule has 8 heteroatoms. The number of rotatable bonds is 6. The third-order valence-electron chi connectivity index (χ3n) is 6.35. The summed E-state index contributed by atoms with van der Waals surface area (Å²) >= 11 is 0. The molecule has 1 aromatic heterocycles. The second-order valence-corrected chi connectivity index (χ2v) is 8.79. The van der Waals surface area contributed by atoms with E-state index in [0.29, 0.717) is 28.9 Å². The zero-order chi connectivity index (χ0) is 24.2. The highest BCUT2D eigenvalue weighted by atomic mass is 16.2. The number of hydrogen-bond donors (Lipinski definition) is 3. The fraction of sp³-hybridized carbons (Fsp3) is 0.222. The van der Waals surface area contributed by atoms with E-state index in [2.05, 4.69) is 37.7 Å². The molecule has 5 rings (SSSR count). The highest BCUT2D eigenvalue weighted by Crippen LogP contribution is 2.23. The Bertz CT molecular complexity index is 1330. The van der Waals surface area contributed by atoms with Gasteiger partial charge < -0.3 is 20.4 Å². The molecule has 178 valence electrons. The van der Waals surface area contributed by atoms with Gasteiger partial charge in [-0.2, -0.15) is 5.10 Å². The molecule has 0 saturated carbocycles. The van der Waals surface area contributed by atoms with Crippen LogP contribution < -0.4 is 15.5 Å². The third kappa shape index (κ3) is 5.17. The maximum Gasteiger partial charge on any atom is 0.256 e. The lowest BCUT2D eigenvalue weighted by Gasteiger charge is -2.34. The van der Waals surface area contributed by atoms with Gasteiger partial charge in [0.25, 0.3) is 11.8 Å². The zero-order valence-corrected chi connectivity index (χ0v) is 19.6. The van der Waals surface area contributed by atoms with Gasteiger partial charge in [-0.3, -0.25) is 14.7 Å². The highest BCUT2D eigenvalue weighted by molar-refractivity contribution is 6.09. The van der Waals surface area contributed by atoms with Crippen LogP contribution in [0.1, 0.15) is 26.3 Å². The van der Waals surface area contributed by atoms with Crippen molar-refractivity contribution < 1.29 is 9.59 Å². The molecule has 35 heavy (non-hydrogen) atoms. The molecule has 0 aliphatic carbocycles. The first-order chi connectivity index (χ1) is 17.1. The van der Waals surface area contributed by atoms with Gasteiger partial charge in [0.05, 0.1) is 5.52 Å². The van der Waals surface area contributed by atoms with Gasteiger partial charge in [-0.1, -0.05) is 30.3 Å². The SMILES string of the molecule is CN1CCN(c2ccc(C(=O)Nc3n[nH]c4ccc(C(=O)NCc5ccccc5)cc34)cc2)CC1. The van der Waals surface area contributed by atoms with Gasteiger partial charge in [0.1, 0.15) is 0 Å². The number of carbonyl (C=O) groups is 2. The van der Waals surface area contributed by atoms with Crippen LogP contribution in [-0.4, -0.2) is 60.1 Å². The molecule has 0 unspecified atom stereocenters. The number of piperazine rings is 1. The molecule has 1 saturated heterocycles. The van der Waals surface area contributed by atoms with Gasteiger partial charge in [0.15, 0.2) is 5.82 Å². The molecule has 0 radical (unpaired) electrons. The second kappa shape index (κ2) is 9.99. The molecule has 3 aromatic carbocycles. The summed E-state index contributed by atoms with van der Waals surface area (Å²) in [6.45, 7) is 4.45. The molecule has 1 fully saturated rings. The van der Waals surface area contributed by atoms with Crippen LogP contribution in [0.25, 0.3) is 10.9 Å². The van der Waals surface area contributed by atoms with E-state index in [0.717, 1.165) is 42.9 Å². The van der Waals surface area contributed by atoms with Crippen molar-refractivity contribution in [1.82, 2.24) is 20.4 Å². The Labute approximate surface area is 203 Å². The van der Waals surface area contributed by atoms with E-state index in [1.165, 1.54) is 0 Å². The van der Waals surface area contributed by atoms with Gasteiger partial charge in [0, 0.05) is 54.9 Å². The number of hydrogen-bond acceptors (Lipinski definition) is 5. The summed E-state index contributed by atoms with van der Waals surface area (Å²) in [5, 5.41) is 13.7. The van der Waals surface area contributed by atoms with Crippen LogP contribution in [0.4, 0.5) is 11.5 Å². The van der Waals surface area contributed by atoms with E-state index < -0.39 is 0 Å². The van der Waals surface area contributed by atoms with E-state index in [1.807, 2.05) is 54.6 Å². The number of benzene rings is 3. The maximum atomic E-state index is 12.9. The normalized spacial score (nSPS) is 14.1. The molecule has 3 N–H and O–H groups in total. The molecular weight excluding hydrogens is 440 g/mol. The molecule has 0 spiro atoms. The fourth-order valence-electron chi connectivity index (χ4n) is 4.20. The quantitative estimate of drug-likeness (QED) is 0.403. The van der Waals surface area contributed by atoms with Gasteiger partial charge >= 0.3 is 0 Å². The zero-order valence-electron chi connectivity index (χ0n) is 19.6. The standard InChI is InChI=1S/C27H28N6O2/c1-32-13-15-33(16-14-32)22-10-7-20(8-11-22)27(35)29-25-23-17-21(9-12-24(23)30-31-25)26(34)28-18-19-5-3-2-4-6-19/h2-12,17H,13-16,18H2,1H3,(H,28,34)(H2,29,30,31,35). The van der Waals surface area contributed by atoms with Crippen LogP contribution in [-0.2, 0) is 6.54 Å². The minimum atomic E-state index is -0.248. The van der Waals surface area contributed by atoms with E-state index in [4.69, 9.17) is 0 Å². The molecule has 2 heterocycles. The van der Waals surface area contributed by atoms with E-state index in [9.17, 15) is 9.59 Å². The van der Waals surface area contributed by atoms with Crippen molar-refractivity contribution in [2.75, 3.05) is 43.4 Å². The summed E-state index contributed by atoms with van der Waals surface area (Å²) in [5.74, 6) is -0.0400. The van der Waals surface area contributed by atoms with Crippen molar-refractivity contribution in [3.63, 3.8) is 0 Å². The van der Waals surface area contributed by atoms with Crippen LogP contribution in [0.15, 0.2) is 72.8 Å².